The number of rotatable bonds is 3. The standard InChI is InChI=1S/C15H17NO2/c17-15(18)9-10-16-13-7-3-1-5-11(13)12-6-2-4-8-14(12)16/h1,3,5,7H,2,4,6,8-10H2,(H,17,18)/p-1. The van der Waals surface area contributed by atoms with Gasteiger partial charge in [-0.3, -0.25) is 0 Å². The maximum atomic E-state index is 10.7. The quantitative estimate of drug-likeness (QED) is 0.821. The van der Waals surface area contributed by atoms with Gasteiger partial charge in [-0.1, -0.05) is 18.2 Å². The number of carboxylic acid groups (broad SMARTS) is 1. The van der Waals surface area contributed by atoms with E-state index in [1.54, 1.807) is 0 Å². The Morgan fingerprint density at radius 2 is 2.00 bits per heavy atom. The number of aryl methyl sites for hydroxylation is 2. The van der Waals surface area contributed by atoms with E-state index in [-0.39, 0.29) is 6.42 Å². The minimum absolute atomic E-state index is 0.0884. The first-order valence-corrected chi connectivity index (χ1v) is 6.56. The number of carbonyl (C=O) groups is 1. The molecule has 94 valence electrons. The summed E-state index contributed by atoms with van der Waals surface area (Å²) in [5, 5.41) is 12.0. The van der Waals surface area contributed by atoms with Gasteiger partial charge < -0.3 is 14.5 Å². The molecule has 0 unspecified atom stereocenters. The van der Waals surface area contributed by atoms with Crippen molar-refractivity contribution in [2.24, 2.45) is 0 Å². The Balaban J connectivity index is 2.13. The van der Waals surface area contributed by atoms with Crippen LogP contribution in [0, 0.1) is 0 Å². The van der Waals surface area contributed by atoms with E-state index in [4.69, 9.17) is 0 Å². The molecule has 0 amide bonds. The molecule has 3 nitrogen and oxygen atoms in total. The predicted molar refractivity (Wildman–Crippen MR) is 68.2 cm³/mol. The molecule has 0 atom stereocenters. The lowest BCUT2D eigenvalue weighted by atomic mass is 9.95. The number of benzene rings is 1. The molecule has 1 aliphatic rings. The van der Waals surface area contributed by atoms with Gasteiger partial charge in [0.05, 0.1) is 0 Å². The fraction of sp³-hybridized carbons (Fsp3) is 0.400. The van der Waals surface area contributed by atoms with E-state index in [1.807, 2.05) is 6.07 Å². The number of hydrogen-bond acceptors (Lipinski definition) is 2. The van der Waals surface area contributed by atoms with Gasteiger partial charge in [0, 0.05) is 35.5 Å². The molecule has 1 heterocycles. The smallest absolute Gasteiger partial charge is 0.0485 e. The Labute approximate surface area is 106 Å². The highest BCUT2D eigenvalue weighted by Crippen LogP contribution is 2.32. The number of carboxylic acids is 1. The average Bonchev–Trinajstić information content (AvgIpc) is 2.71. The summed E-state index contributed by atoms with van der Waals surface area (Å²) in [7, 11) is 0. The maximum Gasteiger partial charge on any atom is 0.0485 e. The highest BCUT2D eigenvalue weighted by molar-refractivity contribution is 5.86. The molecular formula is C15H16NO2-. The molecular weight excluding hydrogens is 226 g/mol. The summed E-state index contributed by atoms with van der Waals surface area (Å²) >= 11 is 0. The molecule has 0 saturated carbocycles. The molecule has 1 aromatic carbocycles. The molecule has 1 aliphatic carbocycles. The van der Waals surface area contributed by atoms with E-state index in [0.29, 0.717) is 6.54 Å². The van der Waals surface area contributed by atoms with Crippen molar-refractivity contribution in [3.8, 4) is 0 Å². The molecule has 0 saturated heterocycles. The maximum absolute atomic E-state index is 10.7. The predicted octanol–water partition coefficient (Wildman–Crippen LogP) is 1.66. The summed E-state index contributed by atoms with van der Waals surface area (Å²) in [6, 6.07) is 8.31. The van der Waals surface area contributed by atoms with Crippen LogP contribution in [0.3, 0.4) is 0 Å². The summed E-state index contributed by atoms with van der Waals surface area (Å²) in [4.78, 5) is 10.7. The van der Waals surface area contributed by atoms with Gasteiger partial charge in [0.2, 0.25) is 0 Å². The molecule has 0 spiro atoms. The number of aliphatic carboxylic acids is 1. The molecule has 18 heavy (non-hydrogen) atoms. The third kappa shape index (κ3) is 1.80. The average molecular weight is 242 g/mol. The molecule has 0 radical (unpaired) electrons. The van der Waals surface area contributed by atoms with Crippen LogP contribution in [0.15, 0.2) is 24.3 Å². The van der Waals surface area contributed by atoms with Gasteiger partial charge in [-0.15, -0.1) is 0 Å². The number of para-hydroxylation sites is 1. The Bertz CT molecular complexity index is 598. The van der Waals surface area contributed by atoms with Crippen molar-refractivity contribution in [2.75, 3.05) is 0 Å². The number of nitrogens with zero attached hydrogens (tertiary/aromatic N) is 1. The monoisotopic (exact) mass is 242 g/mol. The second-order valence-electron chi connectivity index (χ2n) is 4.92. The molecule has 3 heteroatoms. The van der Waals surface area contributed by atoms with Crippen LogP contribution in [0.4, 0.5) is 0 Å². The molecule has 0 fully saturated rings. The molecule has 0 bridgehead atoms. The zero-order chi connectivity index (χ0) is 12.5. The van der Waals surface area contributed by atoms with Crippen LogP contribution in [-0.4, -0.2) is 10.5 Å². The van der Waals surface area contributed by atoms with Crippen LogP contribution in [0.2, 0.25) is 0 Å². The third-order valence-corrected chi connectivity index (χ3v) is 3.82. The number of aromatic nitrogens is 1. The number of carbonyl (C=O) groups excluding carboxylic acids is 1. The van der Waals surface area contributed by atoms with Gasteiger partial charge in [0.25, 0.3) is 0 Å². The Morgan fingerprint density at radius 3 is 2.83 bits per heavy atom. The van der Waals surface area contributed by atoms with Gasteiger partial charge in [-0.2, -0.15) is 0 Å². The summed E-state index contributed by atoms with van der Waals surface area (Å²) in [6.07, 6.45) is 4.71. The second kappa shape index (κ2) is 4.48. The number of hydrogen-bond donors (Lipinski definition) is 0. The summed E-state index contributed by atoms with van der Waals surface area (Å²) in [6.45, 7) is 0.526. The van der Waals surface area contributed by atoms with Crippen LogP contribution in [0.5, 0.6) is 0 Å². The SMILES string of the molecule is O=C([O-])CCn1c2c(c3ccccc31)CCCC2. The van der Waals surface area contributed by atoms with Crippen molar-refractivity contribution in [2.45, 2.75) is 38.6 Å². The van der Waals surface area contributed by atoms with E-state index < -0.39 is 5.97 Å². The first kappa shape index (κ1) is 11.3. The highest BCUT2D eigenvalue weighted by atomic mass is 16.4. The minimum atomic E-state index is -0.975. The van der Waals surface area contributed by atoms with Crippen molar-refractivity contribution < 1.29 is 9.90 Å². The summed E-state index contributed by atoms with van der Waals surface area (Å²) in [5.41, 5.74) is 3.93. The third-order valence-electron chi connectivity index (χ3n) is 3.82. The number of fused-ring (bicyclic) bond motifs is 3. The van der Waals surface area contributed by atoms with Crippen molar-refractivity contribution in [1.29, 1.82) is 0 Å². The van der Waals surface area contributed by atoms with E-state index in [9.17, 15) is 9.90 Å². The molecule has 0 N–H and O–H groups in total. The molecule has 3 rings (SSSR count). The Morgan fingerprint density at radius 1 is 1.22 bits per heavy atom. The van der Waals surface area contributed by atoms with Crippen molar-refractivity contribution in [1.82, 2.24) is 4.57 Å². The van der Waals surface area contributed by atoms with Crippen molar-refractivity contribution >= 4 is 16.9 Å². The van der Waals surface area contributed by atoms with Crippen LogP contribution < -0.4 is 5.11 Å². The largest absolute Gasteiger partial charge is 0.550 e. The summed E-state index contributed by atoms with van der Waals surface area (Å²) in [5.74, 6) is -0.975. The van der Waals surface area contributed by atoms with Crippen molar-refractivity contribution in [3.05, 3.63) is 35.5 Å². The van der Waals surface area contributed by atoms with Gasteiger partial charge in [-0.25, -0.2) is 0 Å². The van der Waals surface area contributed by atoms with Gasteiger partial charge in [0.15, 0.2) is 0 Å². The summed E-state index contributed by atoms with van der Waals surface area (Å²) < 4.78 is 2.18. The lowest BCUT2D eigenvalue weighted by Crippen LogP contribution is -2.24. The second-order valence-corrected chi connectivity index (χ2v) is 4.92. The topological polar surface area (TPSA) is 45.1 Å². The fourth-order valence-corrected chi connectivity index (χ4v) is 3.05. The molecule has 2 aromatic rings. The van der Waals surface area contributed by atoms with Crippen molar-refractivity contribution in [3.63, 3.8) is 0 Å². The molecule has 0 aliphatic heterocycles. The van der Waals surface area contributed by atoms with Crippen LogP contribution in [0.1, 0.15) is 30.5 Å². The lowest BCUT2D eigenvalue weighted by Gasteiger charge is -2.16. The van der Waals surface area contributed by atoms with Crippen LogP contribution >= 0.6 is 0 Å². The van der Waals surface area contributed by atoms with Crippen LogP contribution in [0.25, 0.3) is 10.9 Å². The van der Waals surface area contributed by atoms with E-state index in [2.05, 4.69) is 22.8 Å². The van der Waals surface area contributed by atoms with E-state index >= 15 is 0 Å². The van der Waals surface area contributed by atoms with Gasteiger partial charge in [-0.05, 0) is 37.3 Å². The van der Waals surface area contributed by atoms with E-state index in [1.165, 1.54) is 35.0 Å². The van der Waals surface area contributed by atoms with Gasteiger partial charge in [0.1, 0.15) is 0 Å². The zero-order valence-electron chi connectivity index (χ0n) is 10.3. The Kier molecular flexibility index (Phi) is 2.82. The van der Waals surface area contributed by atoms with Crippen LogP contribution in [-0.2, 0) is 24.2 Å². The zero-order valence-corrected chi connectivity index (χ0v) is 10.3. The normalized spacial score (nSPS) is 14.7. The molecule has 1 aromatic heterocycles. The lowest BCUT2D eigenvalue weighted by molar-refractivity contribution is -0.305. The Hall–Kier alpha value is -1.77. The first-order chi connectivity index (χ1) is 8.77. The highest BCUT2D eigenvalue weighted by Gasteiger charge is 2.19. The van der Waals surface area contributed by atoms with E-state index in [0.717, 1.165) is 12.8 Å². The minimum Gasteiger partial charge on any atom is -0.550 e. The first-order valence-electron chi connectivity index (χ1n) is 6.56. The van der Waals surface area contributed by atoms with Gasteiger partial charge >= 0.3 is 0 Å². The fourth-order valence-electron chi connectivity index (χ4n) is 3.05.